The largest absolute Gasteiger partial charge is 0.377 e. The normalized spacial score (nSPS) is 20.5. The Labute approximate surface area is 220 Å². The molecule has 0 amide bonds. The van der Waals surface area contributed by atoms with Crippen LogP contribution in [-0.4, -0.2) is 96.1 Å². The summed E-state index contributed by atoms with van der Waals surface area (Å²) in [7, 11) is -2.13. The highest BCUT2D eigenvalue weighted by atomic mass is 32.3. The zero-order valence-electron chi connectivity index (χ0n) is 22.6. The van der Waals surface area contributed by atoms with Crippen LogP contribution in [-0.2, 0) is 37.8 Å². The number of anilines is 1. The second-order valence-corrected chi connectivity index (χ2v) is 18.0. The third-order valence-corrected chi connectivity index (χ3v) is 10.8. The van der Waals surface area contributed by atoms with Crippen molar-refractivity contribution >= 4 is 36.7 Å². The first-order valence-electron chi connectivity index (χ1n) is 12.6. The van der Waals surface area contributed by atoms with Gasteiger partial charge in [-0.05, 0) is 50.7 Å². The second-order valence-electron chi connectivity index (χ2n) is 11.1. The molecule has 1 saturated carbocycles. The van der Waals surface area contributed by atoms with Gasteiger partial charge in [-0.2, -0.15) is 10.2 Å². The van der Waals surface area contributed by atoms with E-state index in [4.69, 9.17) is 19.6 Å². The minimum absolute atomic E-state index is 0.129. The molecule has 12 heteroatoms. The Morgan fingerprint density at radius 2 is 1.97 bits per heavy atom. The van der Waals surface area contributed by atoms with Crippen LogP contribution in [0.15, 0.2) is 18.3 Å². The molecule has 5 rings (SSSR count). The van der Waals surface area contributed by atoms with Crippen LogP contribution in [0.5, 0.6) is 0 Å². The van der Waals surface area contributed by atoms with Crippen molar-refractivity contribution in [1.29, 1.82) is 0 Å². The molecule has 3 aromatic rings. The highest BCUT2D eigenvalue weighted by Gasteiger charge is 2.55. The van der Waals surface area contributed by atoms with Gasteiger partial charge < -0.3 is 14.4 Å². The van der Waals surface area contributed by atoms with Crippen molar-refractivity contribution in [1.82, 2.24) is 24.5 Å². The topological polar surface area (TPSA) is 104 Å². The smallest absolute Gasteiger partial charge is 0.157 e. The van der Waals surface area contributed by atoms with Gasteiger partial charge in [0.05, 0.1) is 41.8 Å². The molecule has 1 saturated heterocycles. The van der Waals surface area contributed by atoms with Crippen molar-refractivity contribution in [3.05, 3.63) is 23.9 Å². The predicted octanol–water partition coefficient (Wildman–Crippen LogP) is 2.76. The number of aromatic nitrogens is 5. The van der Waals surface area contributed by atoms with E-state index >= 15 is 0 Å². The monoisotopic (exact) mass is 550 g/mol. The quantitative estimate of drug-likeness (QED) is 0.375. The van der Waals surface area contributed by atoms with Gasteiger partial charge in [0.15, 0.2) is 9.84 Å². The van der Waals surface area contributed by atoms with Crippen molar-refractivity contribution in [2.24, 2.45) is 7.05 Å². The molecule has 0 bridgehead atoms. The van der Waals surface area contributed by atoms with Crippen LogP contribution >= 0.6 is 10.0 Å². The summed E-state index contributed by atoms with van der Waals surface area (Å²) in [5.74, 6) is 1.79. The Hall–Kier alpha value is -2.15. The molecule has 1 aliphatic heterocycles. The molecule has 0 aromatic carbocycles. The summed E-state index contributed by atoms with van der Waals surface area (Å²) < 4.78 is 40.3. The van der Waals surface area contributed by atoms with Crippen LogP contribution in [0.1, 0.15) is 25.3 Å². The number of aryl methyl sites for hydroxylation is 1. The maximum atomic E-state index is 13.0. The van der Waals surface area contributed by atoms with Crippen LogP contribution in [0, 0.1) is 0 Å². The summed E-state index contributed by atoms with van der Waals surface area (Å²) >= 11 is 0. The number of fused-ring (bicyclic) bond motifs is 1. The summed E-state index contributed by atoms with van der Waals surface area (Å²) in [5, 5.41) is 9.34. The standard InChI is InChI=1S/C25H38N6O4S2/c1-18-16-34-12-11-30(18)21-15-19(25(8-9-25)37(6,32)33)24-23(27-21)22(28-29(24)2)20-7-10-26-31(20)17-35-13-14-36(3,4)5/h7,10,15,18H,8-9,11-14,16-17H2,1-6H3/t18-/m1/s1. The first kappa shape index (κ1) is 26.5. The minimum Gasteiger partial charge on any atom is -0.377 e. The Balaban J connectivity index is 1.61. The molecule has 2 fully saturated rings. The summed E-state index contributed by atoms with van der Waals surface area (Å²) in [4.78, 5) is 7.30. The number of rotatable bonds is 9. The van der Waals surface area contributed by atoms with E-state index in [0.717, 1.165) is 28.3 Å². The van der Waals surface area contributed by atoms with Gasteiger partial charge in [0, 0.05) is 37.4 Å². The van der Waals surface area contributed by atoms with E-state index in [0.29, 0.717) is 57.1 Å². The molecule has 37 heavy (non-hydrogen) atoms. The molecule has 1 atom stereocenters. The van der Waals surface area contributed by atoms with E-state index in [1.807, 2.05) is 19.2 Å². The number of morpholine rings is 1. The van der Waals surface area contributed by atoms with Gasteiger partial charge in [0.25, 0.3) is 0 Å². The Bertz CT molecular complexity index is 1400. The van der Waals surface area contributed by atoms with Gasteiger partial charge in [-0.3, -0.25) is 4.68 Å². The number of hydrogen-bond acceptors (Lipinski definition) is 8. The second kappa shape index (κ2) is 9.55. The van der Waals surface area contributed by atoms with E-state index in [1.54, 1.807) is 15.6 Å². The molecule has 204 valence electrons. The first-order chi connectivity index (χ1) is 17.4. The van der Waals surface area contributed by atoms with E-state index in [9.17, 15) is 8.42 Å². The maximum absolute atomic E-state index is 13.0. The molecule has 0 N–H and O–H groups in total. The van der Waals surface area contributed by atoms with E-state index < -0.39 is 24.6 Å². The summed E-state index contributed by atoms with van der Waals surface area (Å²) in [5.41, 5.74) is 3.69. The van der Waals surface area contributed by atoms with Crippen molar-refractivity contribution in [3.63, 3.8) is 0 Å². The predicted molar refractivity (Wildman–Crippen MR) is 149 cm³/mol. The van der Waals surface area contributed by atoms with Crippen LogP contribution in [0.3, 0.4) is 0 Å². The van der Waals surface area contributed by atoms with Gasteiger partial charge in [-0.1, -0.05) is 0 Å². The van der Waals surface area contributed by atoms with E-state index in [1.165, 1.54) is 6.26 Å². The summed E-state index contributed by atoms with van der Waals surface area (Å²) in [6.07, 6.45) is 11.1. The van der Waals surface area contributed by atoms with Crippen molar-refractivity contribution in [3.8, 4) is 11.4 Å². The van der Waals surface area contributed by atoms with Crippen molar-refractivity contribution < 1.29 is 17.9 Å². The van der Waals surface area contributed by atoms with Crippen LogP contribution in [0.25, 0.3) is 22.4 Å². The average molecular weight is 551 g/mol. The van der Waals surface area contributed by atoms with Gasteiger partial charge in [-0.15, -0.1) is 0 Å². The van der Waals surface area contributed by atoms with E-state index in [2.05, 4.69) is 35.7 Å². The molecule has 3 aromatic heterocycles. The van der Waals surface area contributed by atoms with Crippen LogP contribution in [0.4, 0.5) is 5.82 Å². The van der Waals surface area contributed by atoms with Gasteiger partial charge in [-0.25, -0.2) is 28.1 Å². The lowest BCUT2D eigenvalue weighted by Crippen LogP contribution is -2.44. The SMILES string of the molecule is C[C@@H]1COCCN1c1cc(C2(S(C)(=O)=O)CC2)c2c(n1)c(-c1ccnn1COCCS(C)(C)C)nn2C. The first-order valence-corrected chi connectivity index (χ1v) is 17.5. The van der Waals surface area contributed by atoms with E-state index in [-0.39, 0.29) is 6.04 Å². The maximum Gasteiger partial charge on any atom is 0.157 e. The lowest BCUT2D eigenvalue weighted by Gasteiger charge is -2.34. The molecule has 2 aliphatic rings. The van der Waals surface area contributed by atoms with Gasteiger partial charge >= 0.3 is 0 Å². The number of nitrogens with zero attached hydrogens (tertiary/aromatic N) is 6. The van der Waals surface area contributed by atoms with Crippen LogP contribution in [0.2, 0.25) is 0 Å². The molecule has 1 aliphatic carbocycles. The van der Waals surface area contributed by atoms with Gasteiger partial charge in [0.1, 0.15) is 23.8 Å². The minimum atomic E-state index is -3.34. The number of pyridine rings is 1. The van der Waals surface area contributed by atoms with Crippen molar-refractivity contribution in [2.75, 3.05) is 62.0 Å². The number of ether oxygens (including phenoxy) is 2. The lowest BCUT2D eigenvalue weighted by molar-refractivity contribution is 0.0821. The molecule has 0 radical (unpaired) electrons. The fraction of sp³-hybridized carbons (Fsp3) is 0.640. The zero-order chi connectivity index (χ0) is 26.6. The van der Waals surface area contributed by atoms with Crippen LogP contribution < -0.4 is 4.90 Å². The third-order valence-electron chi connectivity index (χ3n) is 7.36. The molecule has 10 nitrogen and oxygen atoms in total. The Kier molecular flexibility index (Phi) is 6.83. The third kappa shape index (κ3) is 5.00. The highest BCUT2D eigenvalue weighted by Crippen LogP contribution is 2.55. The molecule has 4 heterocycles. The summed E-state index contributed by atoms with van der Waals surface area (Å²) in [6, 6.07) is 4.01. The Morgan fingerprint density at radius 1 is 1.22 bits per heavy atom. The lowest BCUT2D eigenvalue weighted by atomic mass is 10.1. The molecule has 0 unspecified atom stereocenters. The molecular weight excluding hydrogens is 512 g/mol. The summed E-state index contributed by atoms with van der Waals surface area (Å²) in [6.45, 7) is 4.99. The fourth-order valence-electron chi connectivity index (χ4n) is 5.05. The Morgan fingerprint density at radius 3 is 2.62 bits per heavy atom. The van der Waals surface area contributed by atoms with Crippen molar-refractivity contribution in [2.45, 2.75) is 37.3 Å². The number of sulfone groups is 1. The van der Waals surface area contributed by atoms with Gasteiger partial charge in [0.2, 0.25) is 0 Å². The molecular formula is C25H38N6O4S2. The fourth-order valence-corrected chi connectivity index (χ4v) is 7.07. The number of hydrogen-bond donors (Lipinski definition) is 0. The highest BCUT2D eigenvalue weighted by molar-refractivity contribution is 8.32. The average Bonchev–Trinajstić information content (AvgIpc) is 3.42. The zero-order valence-corrected chi connectivity index (χ0v) is 24.2. The molecule has 0 spiro atoms.